The minimum Gasteiger partial charge on any atom is -0.374 e. The Balaban J connectivity index is 1.61. The second kappa shape index (κ2) is 8.75. The molecule has 150 valence electrons. The molecule has 0 bridgehead atoms. The Kier molecular flexibility index (Phi) is 6.36. The summed E-state index contributed by atoms with van der Waals surface area (Å²) in [7, 11) is -3.46. The highest BCUT2D eigenvalue weighted by atomic mass is 32.2. The molecule has 3 rings (SSSR count). The summed E-state index contributed by atoms with van der Waals surface area (Å²) in [5, 5.41) is 5.97. The maximum atomic E-state index is 12.7. The number of anilines is 2. The van der Waals surface area contributed by atoms with Crippen molar-refractivity contribution in [1.29, 1.82) is 0 Å². The van der Waals surface area contributed by atoms with E-state index in [-0.39, 0.29) is 10.8 Å². The number of aryl methyl sites for hydroxylation is 1. The Morgan fingerprint density at radius 3 is 2.11 bits per heavy atom. The highest BCUT2D eigenvalue weighted by molar-refractivity contribution is 7.89. The number of hydrogen-bond acceptors (Lipinski definition) is 4. The molecule has 1 fully saturated rings. The highest BCUT2D eigenvalue weighted by Gasteiger charge is 2.25. The lowest BCUT2D eigenvalue weighted by atomic mass is 10.2. The summed E-state index contributed by atoms with van der Waals surface area (Å²) in [4.78, 5) is 12.7. The van der Waals surface area contributed by atoms with E-state index in [0.29, 0.717) is 18.8 Å². The second-order valence-electron chi connectivity index (χ2n) is 7.21. The molecule has 1 unspecified atom stereocenters. The van der Waals surface area contributed by atoms with E-state index in [1.54, 1.807) is 31.2 Å². The summed E-state index contributed by atoms with van der Waals surface area (Å²) in [6, 6.07) is 13.8. The molecule has 1 heterocycles. The minimum atomic E-state index is -3.46. The van der Waals surface area contributed by atoms with Gasteiger partial charge in [0.2, 0.25) is 15.9 Å². The van der Waals surface area contributed by atoms with Crippen molar-refractivity contribution in [2.24, 2.45) is 0 Å². The van der Waals surface area contributed by atoms with Crippen LogP contribution < -0.4 is 10.6 Å². The number of carbonyl (C=O) groups excluding carboxylic acids is 1. The largest absolute Gasteiger partial charge is 0.374 e. The van der Waals surface area contributed by atoms with Crippen molar-refractivity contribution >= 4 is 27.3 Å². The molecule has 2 aromatic rings. The van der Waals surface area contributed by atoms with Gasteiger partial charge in [-0.15, -0.1) is 0 Å². The van der Waals surface area contributed by atoms with Gasteiger partial charge >= 0.3 is 0 Å². The van der Waals surface area contributed by atoms with E-state index in [1.807, 2.05) is 31.2 Å². The number of nitrogens with zero attached hydrogens (tertiary/aromatic N) is 1. The van der Waals surface area contributed by atoms with Crippen molar-refractivity contribution in [3.63, 3.8) is 0 Å². The third-order valence-electron chi connectivity index (χ3n) is 4.90. The molecule has 2 N–H and O–H groups in total. The molecular formula is C21H27N3O3S. The predicted molar refractivity (Wildman–Crippen MR) is 112 cm³/mol. The number of sulfonamides is 1. The number of benzene rings is 2. The van der Waals surface area contributed by atoms with Gasteiger partial charge < -0.3 is 10.6 Å². The zero-order chi connectivity index (χ0) is 20.1. The molecule has 0 saturated carbocycles. The first kappa shape index (κ1) is 20.4. The third-order valence-corrected chi connectivity index (χ3v) is 6.82. The van der Waals surface area contributed by atoms with Gasteiger partial charge in [0, 0.05) is 24.5 Å². The number of amides is 1. The Bertz CT molecular complexity index is 903. The summed E-state index contributed by atoms with van der Waals surface area (Å²) in [5.74, 6) is -0.188. The summed E-state index contributed by atoms with van der Waals surface area (Å²) < 4.78 is 26.9. The van der Waals surface area contributed by atoms with Gasteiger partial charge in [0.1, 0.15) is 6.04 Å². The van der Waals surface area contributed by atoms with Crippen LogP contribution in [0.1, 0.15) is 31.7 Å². The summed E-state index contributed by atoms with van der Waals surface area (Å²) >= 11 is 0. The van der Waals surface area contributed by atoms with Crippen LogP contribution in [0, 0.1) is 6.92 Å². The van der Waals surface area contributed by atoms with Crippen LogP contribution in [0.25, 0.3) is 0 Å². The van der Waals surface area contributed by atoms with E-state index in [0.717, 1.165) is 30.5 Å². The number of piperidine rings is 1. The highest BCUT2D eigenvalue weighted by Crippen LogP contribution is 2.22. The third kappa shape index (κ3) is 4.91. The van der Waals surface area contributed by atoms with E-state index < -0.39 is 16.1 Å². The quantitative estimate of drug-likeness (QED) is 0.775. The Hall–Kier alpha value is -2.38. The standard InChI is InChI=1S/C21H27N3O3S/c1-16-6-8-18(9-7-16)22-17(2)21(25)23-19-10-12-20(13-11-19)28(26,27)24-14-4-3-5-15-24/h6-13,17,22H,3-5,14-15H2,1-2H3,(H,23,25). The van der Waals surface area contributed by atoms with E-state index in [2.05, 4.69) is 10.6 Å². The fraction of sp³-hybridized carbons (Fsp3) is 0.381. The summed E-state index contributed by atoms with van der Waals surface area (Å²) in [6.45, 7) is 4.94. The topological polar surface area (TPSA) is 78.5 Å². The SMILES string of the molecule is Cc1ccc(NC(C)C(=O)Nc2ccc(S(=O)(=O)N3CCCCC3)cc2)cc1. The number of rotatable bonds is 6. The van der Waals surface area contributed by atoms with Crippen LogP contribution >= 0.6 is 0 Å². The van der Waals surface area contributed by atoms with Gasteiger partial charge in [0.25, 0.3) is 0 Å². The molecule has 0 radical (unpaired) electrons. The van der Waals surface area contributed by atoms with E-state index >= 15 is 0 Å². The molecule has 1 aliphatic heterocycles. The number of carbonyl (C=O) groups is 1. The van der Waals surface area contributed by atoms with Crippen molar-refractivity contribution in [1.82, 2.24) is 4.31 Å². The zero-order valence-electron chi connectivity index (χ0n) is 16.3. The van der Waals surface area contributed by atoms with Gasteiger partial charge in [-0.1, -0.05) is 24.1 Å². The lowest BCUT2D eigenvalue weighted by Crippen LogP contribution is -2.35. The molecular weight excluding hydrogens is 374 g/mol. The Morgan fingerprint density at radius 1 is 0.929 bits per heavy atom. The fourth-order valence-corrected chi connectivity index (χ4v) is 4.70. The molecule has 0 spiro atoms. The summed E-state index contributed by atoms with van der Waals surface area (Å²) in [6.07, 6.45) is 2.88. The molecule has 0 aliphatic carbocycles. The van der Waals surface area contributed by atoms with Crippen molar-refractivity contribution in [2.75, 3.05) is 23.7 Å². The lowest BCUT2D eigenvalue weighted by Gasteiger charge is -2.25. The van der Waals surface area contributed by atoms with Crippen molar-refractivity contribution in [3.05, 3.63) is 54.1 Å². The van der Waals surface area contributed by atoms with Crippen LogP contribution in [0.15, 0.2) is 53.4 Å². The zero-order valence-corrected chi connectivity index (χ0v) is 17.1. The molecule has 0 aromatic heterocycles. The van der Waals surface area contributed by atoms with E-state index in [1.165, 1.54) is 4.31 Å². The first-order chi connectivity index (χ1) is 13.4. The van der Waals surface area contributed by atoms with Crippen LogP contribution in [0.5, 0.6) is 0 Å². The first-order valence-corrected chi connectivity index (χ1v) is 11.0. The lowest BCUT2D eigenvalue weighted by molar-refractivity contribution is -0.116. The molecule has 2 aromatic carbocycles. The maximum absolute atomic E-state index is 12.7. The fourth-order valence-electron chi connectivity index (χ4n) is 3.18. The molecule has 28 heavy (non-hydrogen) atoms. The van der Waals surface area contributed by atoms with Gasteiger partial charge in [0.15, 0.2) is 0 Å². The maximum Gasteiger partial charge on any atom is 0.246 e. The molecule has 6 nitrogen and oxygen atoms in total. The number of hydrogen-bond donors (Lipinski definition) is 2. The Labute approximate surface area is 167 Å². The second-order valence-corrected chi connectivity index (χ2v) is 9.15. The van der Waals surface area contributed by atoms with Crippen LogP contribution in [-0.2, 0) is 14.8 Å². The van der Waals surface area contributed by atoms with Crippen LogP contribution in [-0.4, -0.2) is 37.8 Å². The minimum absolute atomic E-state index is 0.188. The molecule has 1 atom stereocenters. The van der Waals surface area contributed by atoms with Crippen molar-refractivity contribution < 1.29 is 13.2 Å². The molecule has 1 saturated heterocycles. The first-order valence-electron chi connectivity index (χ1n) is 9.60. The predicted octanol–water partition coefficient (Wildman–Crippen LogP) is 3.61. The normalized spacial score (nSPS) is 16.4. The Morgan fingerprint density at radius 2 is 1.50 bits per heavy atom. The smallest absolute Gasteiger partial charge is 0.246 e. The van der Waals surface area contributed by atoms with Gasteiger partial charge in [-0.2, -0.15) is 4.31 Å². The van der Waals surface area contributed by atoms with E-state index in [9.17, 15) is 13.2 Å². The molecule has 1 aliphatic rings. The van der Waals surface area contributed by atoms with Gasteiger partial charge in [-0.3, -0.25) is 4.79 Å². The van der Waals surface area contributed by atoms with Crippen LogP contribution in [0.2, 0.25) is 0 Å². The van der Waals surface area contributed by atoms with Crippen molar-refractivity contribution in [2.45, 2.75) is 44.0 Å². The van der Waals surface area contributed by atoms with Crippen LogP contribution in [0.3, 0.4) is 0 Å². The van der Waals surface area contributed by atoms with E-state index in [4.69, 9.17) is 0 Å². The van der Waals surface area contributed by atoms with Crippen molar-refractivity contribution in [3.8, 4) is 0 Å². The van der Waals surface area contributed by atoms with Crippen LogP contribution in [0.4, 0.5) is 11.4 Å². The van der Waals surface area contributed by atoms with Gasteiger partial charge in [-0.05, 0) is 63.1 Å². The monoisotopic (exact) mass is 401 g/mol. The number of nitrogens with one attached hydrogen (secondary N) is 2. The van der Waals surface area contributed by atoms with Gasteiger partial charge in [0.05, 0.1) is 4.90 Å². The molecule has 7 heteroatoms. The summed E-state index contributed by atoms with van der Waals surface area (Å²) in [5.41, 5.74) is 2.60. The average Bonchev–Trinajstić information content (AvgIpc) is 2.70. The average molecular weight is 402 g/mol. The molecule has 1 amide bonds. The van der Waals surface area contributed by atoms with Gasteiger partial charge in [-0.25, -0.2) is 8.42 Å².